The summed E-state index contributed by atoms with van der Waals surface area (Å²) in [6.45, 7) is 11.7. The molecule has 0 unspecified atom stereocenters. The highest BCUT2D eigenvalue weighted by Gasteiger charge is 2.33. The fourth-order valence-corrected chi connectivity index (χ4v) is 3.65. The molecule has 2 aromatic heterocycles. The Labute approximate surface area is 149 Å². The summed E-state index contributed by atoms with van der Waals surface area (Å²) < 4.78 is 7.75. The first kappa shape index (κ1) is 17.6. The van der Waals surface area contributed by atoms with E-state index in [0.29, 0.717) is 5.92 Å². The molecule has 2 aromatic rings. The number of aromatic nitrogens is 2. The van der Waals surface area contributed by atoms with Crippen molar-refractivity contribution in [2.45, 2.75) is 60.0 Å². The summed E-state index contributed by atoms with van der Waals surface area (Å²) in [5.41, 5.74) is 2.66. The lowest BCUT2D eigenvalue weighted by atomic mass is 9.91. The molecule has 6 heteroatoms. The van der Waals surface area contributed by atoms with Gasteiger partial charge >= 0.3 is 6.03 Å². The van der Waals surface area contributed by atoms with E-state index in [4.69, 9.17) is 4.42 Å². The Bertz CT molecular complexity index is 762. The molecule has 1 N–H and O–H groups in total. The minimum absolute atomic E-state index is 0.0146. The highest BCUT2D eigenvalue weighted by atomic mass is 16.3. The van der Waals surface area contributed by atoms with E-state index < -0.39 is 0 Å². The largest absolute Gasteiger partial charge is 0.464 e. The smallest absolute Gasteiger partial charge is 0.322 e. The Morgan fingerprint density at radius 3 is 2.72 bits per heavy atom. The minimum Gasteiger partial charge on any atom is -0.464 e. The summed E-state index contributed by atoms with van der Waals surface area (Å²) in [6, 6.07) is 3.86. The van der Waals surface area contributed by atoms with Crippen LogP contribution < -0.4 is 5.32 Å². The van der Waals surface area contributed by atoms with Crippen LogP contribution in [0.3, 0.4) is 0 Å². The van der Waals surface area contributed by atoms with E-state index in [1.807, 2.05) is 49.4 Å². The van der Waals surface area contributed by atoms with Gasteiger partial charge in [0.05, 0.1) is 23.1 Å². The third-order valence-corrected chi connectivity index (χ3v) is 5.13. The first-order valence-corrected chi connectivity index (χ1v) is 9.08. The van der Waals surface area contributed by atoms with E-state index in [9.17, 15) is 4.79 Å². The monoisotopic (exact) mass is 344 g/mol. The Balaban J connectivity index is 1.83. The SMILES string of the molecule is CCn1nc(C)c(NC(=O)N2CC[C@@H](C)C[C@H]2c2ccc(C)o2)c1C. The molecule has 0 aliphatic carbocycles. The molecule has 136 valence electrons. The normalized spacial score (nSPS) is 20.8. The van der Waals surface area contributed by atoms with E-state index in [-0.39, 0.29) is 12.1 Å². The van der Waals surface area contributed by atoms with E-state index in [2.05, 4.69) is 17.3 Å². The number of aryl methyl sites for hydroxylation is 3. The van der Waals surface area contributed by atoms with Crippen molar-refractivity contribution < 1.29 is 9.21 Å². The van der Waals surface area contributed by atoms with Gasteiger partial charge in [0.2, 0.25) is 0 Å². The molecule has 2 atom stereocenters. The van der Waals surface area contributed by atoms with Gasteiger partial charge < -0.3 is 14.6 Å². The van der Waals surface area contributed by atoms with Crippen LogP contribution in [0, 0.1) is 26.7 Å². The van der Waals surface area contributed by atoms with Crippen molar-refractivity contribution in [2.24, 2.45) is 5.92 Å². The maximum Gasteiger partial charge on any atom is 0.322 e. The van der Waals surface area contributed by atoms with Crippen LogP contribution in [0.5, 0.6) is 0 Å². The zero-order chi connectivity index (χ0) is 18.1. The van der Waals surface area contributed by atoms with Gasteiger partial charge in [-0.2, -0.15) is 5.10 Å². The van der Waals surface area contributed by atoms with Crippen LogP contribution in [0.2, 0.25) is 0 Å². The molecule has 0 aromatic carbocycles. The fourth-order valence-electron chi connectivity index (χ4n) is 3.65. The van der Waals surface area contributed by atoms with Crippen LogP contribution in [0.1, 0.15) is 55.6 Å². The van der Waals surface area contributed by atoms with Crippen molar-refractivity contribution in [1.82, 2.24) is 14.7 Å². The van der Waals surface area contributed by atoms with Crippen LogP contribution in [-0.2, 0) is 6.54 Å². The maximum absolute atomic E-state index is 13.0. The lowest BCUT2D eigenvalue weighted by Gasteiger charge is -2.37. The summed E-state index contributed by atoms with van der Waals surface area (Å²) >= 11 is 0. The number of carbonyl (C=O) groups is 1. The number of piperidine rings is 1. The van der Waals surface area contributed by atoms with Gasteiger partial charge in [0, 0.05) is 13.1 Å². The molecule has 0 spiro atoms. The van der Waals surface area contributed by atoms with Crippen LogP contribution in [0.4, 0.5) is 10.5 Å². The number of hydrogen-bond donors (Lipinski definition) is 1. The van der Waals surface area contributed by atoms with Gasteiger partial charge in [0.25, 0.3) is 0 Å². The Morgan fingerprint density at radius 1 is 1.36 bits per heavy atom. The standard InChI is InChI=1S/C19H28N4O2/c1-6-23-15(5)18(14(4)21-23)20-19(24)22-10-9-12(2)11-16(22)17-8-7-13(3)25-17/h7-8,12,16H,6,9-11H2,1-5H3,(H,20,24)/t12-,16+/m1/s1. The summed E-state index contributed by atoms with van der Waals surface area (Å²) in [5.74, 6) is 2.33. The highest BCUT2D eigenvalue weighted by Crippen LogP contribution is 2.35. The molecule has 1 saturated heterocycles. The van der Waals surface area contributed by atoms with Gasteiger partial charge in [-0.1, -0.05) is 6.92 Å². The fraction of sp³-hybridized carbons (Fsp3) is 0.579. The first-order valence-electron chi connectivity index (χ1n) is 9.08. The molecule has 1 fully saturated rings. The number of anilines is 1. The number of rotatable bonds is 3. The van der Waals surface area contributed by atoms with Crippen LogP contribution in [-0.4, -0.2) is 27.3 Å². The van der Waals surface area contributed by atoms with Crippen molar-refractivity contribution in [3.63, 3.8) is 0 Å². The molecule has 3 heterocycles. The lowest BCUT2D eigenvalue weighted by molar-refractivity contribution is 0.128. The van der Waals surface area contributed by atoms with E-state index in [1.54, 1.807) is 0 Å². The van der Waals surface area contributed by atoms with Crippen molar-refractivity contribution in [3.8, 4) is 0 Å². The zero-order valence-electron chi connectivity index (χ0n) is 15.8. The zero-order valence-corrected chi connectivity index (χ0v) is 15.8. The second kappa shape index (κ2) is 6.94. The van der Waals surface area contributed by atoms with E-state index in [0.717, 1.165) is 54.5 Å². The van der Waals surface area contributed by atoms with E-state index in [1.165, 1.54) is 0 Å². The maximum atomic E-state index is 13.0. The van der Waals surface area contributed by atoms with Gasteiger partial charge in [-0.25, -0.2) is 4.79 Å². The van der Waals surface area contributed by atoms with Crippen molar-refractivity contribution >= 4 is 11.7 Å². The highest BCUT2D eigenvalue weighted by molar-refractivity contribution is 5.91. The number of likely N-dealkylation sites (tertiary alicyclic amines) is 1. The quantitative estimate of drug-likeness (QED) is 0.896. The van der Waals surface area contributed by atoms with Crippen molar-refractivity contribution in [3.05, 3.63) is 35.0 Å². The molecule has 0 saturated carbocycles. The average molecular weight is 344 g/mol. The summed E-state index contributed by atoms with van der Waals surface area (Å²) in [7, 11) is 0. The Kier molecular flexibility index (Phi) is 4.88. The van der Waals surface area contributed by atoms with Crippen LogP contribution in [0.25, 0.3) is 0 Å². The van der Waals surface area contributed by atoms with E-state index >= 15 is 0 Å². The summed E-state index contributed by atoms with van der Waals surface area (Å²) in [5, 5.41) is 7.57. The Hall–Kier alpha value is -2.24. The molecule has 25 heavy (non-hydrogen) atoms. The van der Waals surface area contributed by atoms with Gasteiger partial charge in [-0.15, -0.1) is 0 Å². The number of amides is 2. The van der Waals surface area contributed by atoms with Gasteiger partial charge in [-0.3, -0.25) is 4.68 Å². The number of carbonyl (C=O) groups excluding carboxylic acids is 1. The van der Waals surface area contributed by atoms with Crippen molar-refractivity contribution in [1.29, 1.82) is 0 Å². The van der Waals surface area contributed by atoms with Crippen LogP contribution in [0.15, 0.2) is 16.5 Å². The molecule has 3 rings (SSSR count). The third-order valence-electron chi connectivity index (χ3n) is 5.13. The van der Waals surface area contributed by atoms with Crippen molar-refractivity contribution in [2.75, 3.05) is 11.9 Å². The number of urea groups is 1. The molecule has 1 aliphatic heterocycles. The molecular formula is C19H28N4O2. The second-order valence-corrected chi connectivity index (χ2v) is 7.08. The minimum atomic E-state index is -0.0761. The van der Waals surface area contributed by atoms with Gasteiger partial charge in [-0.05, 0) is 58.6 Å². The molecular weight excluding hydrogens is 316 g/mol. The molecule has 6 nitrogen and oxygen atoms in total. The summed E-state index contributed by atoms with van der Waals surface area (Å²) in [6.07, 6.45) is 1.93. The number of hydrogen-bond acceptors (Lipinski definition) is 3. The number of furan rings is 1. The molecule has 0 radical (unpaired) electrons. The molecule has 1 aliphatic rings. The molecule has 0 bridgehead atoms. The molecule has 2 amide bonds. The lowest BCUT2D eigenvalue weighted by Crippen LogP contribution is -2.43. The number of nitrogens with one attached hydrogen (secondary N) is 1. The average Bonchev–Trinajstić information content (AvgIpc) is 3.12. The Morgan fingerprint density at radius 2 is 2.12 bits per heavy atom. The number of nitrogens with zero attached hydrogens (tertiary/aromatic N) is 3. The summed E-state index contributed by atoms with van der Waals surface area (Å²) in [4.78, 5) is 14.9. The first-order chi connectivity index (χ1) is 11.9. The second-order valence-electron chi connectivity index (χ2n) is 7.08. The third kappa shape index (κ3) is 3.43. The predicted molar refractivity (Wildman–Crippen MR) is 97.7 cm³/mol. The van der Waals surface area contributed by atoms with Gasteiger partial charge in [0.15, 0.2) is 0 Å². The predicted octanol–water partition coefficient (Wildman–Crippen LogP) is 4.43. The van der Waals surface area contributed by atoms with Gasteiger partial charge in [0.1, 0.15) is 11.5 Å². The topological polar surface area (TPSA) is 63.3 Å². The van der Waals surface area contributed by atoms with Crippen LogP contribution >= 0.6 is 0 Å².